The minimum atomic E-state index is 0.334. The molecular formula is C16H21NO2. The number of aromatic nitrogens is 1. The third-order valence-corrected chi connectivity index (χ3v) is 4.24. The normalized spacial score (nSPS) is 17.1. The van der Waals surface area contributed by atoms with E-state index in [0.717, 1.165) is 35.1 Å². The number of fused-ring (bicyclic) bond motifs is 1. The number of rotatable bonds is 3. The van der Waals surface area contributed by atoms with Crippen LogP contribution in [0.3, 0.4) is 0 Å². The first-order chi connectivity index (χ1) is 9.31. The number of hydrogen-bond donors (Lipinski definition) is 1. The summed E-state index contributed by atoms with van der Waals surface area (Å²) in [4.78, 5) is 0. The Morgan fingerprint density at radius 2 is 2.05 bits per heavy atom. The van der Waals surface area contributed by atoms with Gasteiger partial charge < -0.3 is 9.63 Å². The molecule has 1 aliphatic rings. The second-order valence-electron chi connectivity index (χ2n) is 5.59. The van der Waals surface area contributed by atoms with Crippen molar-refractivity contribution in [1.82, 2.24) is 5.16 Å². The molecule has 0 atom stereocenters. The van der Waals surface area contributed by atoms with Gasteiger partial charge in [0.25, 0.3) is 0 Å². The van der Waals surface area contributed by atoms with E-state index in [9.17, 15) is 5.11 Å². The van der Waals surface area contributed by atoms with E-state index in [1.54, 1.807) is 6.07 Å². The number of nitrogens with zero attached hydrogens (tertiary/aromatic N) is 1. The van der Waals surface area contributed by atoms with Crippen molar-refractivity contribution in [2.75, 3.05) is 0 Å². The first-order valence-corrected chi connectivity index (χ1v) is 7.41. The largest absolute Gasteiger partial charge is 0.508 e. The van der Waals surface area contributed by atoms with E-state index in [0.29, 0.717) is 11.7 Å². The molecule has 3 rings (SSSR count). The van der Waals surface area contributed by atoms with Gasteiger partial charge in [0.15, 0.2) is 5.58 Å². The fourth-order valence-corrected chi connectivity index (χ4v) is 3.23. The summed E-state index contributed by atoms with van der Waals surface area (Å²) in [5, 5.41) is 15.4. The topological polar surface area (TPSA) is 46.3 Å². The quantitative estimate of drug-likeness (QED) is 0.880. The van der Waals surface area contributed by atoms with Crippen molar-refractivity contribution in [2.24, 2.45) is 0 Å². The summed E-state index contributed by atoms with van der Waals surface area (Å²) in [6.07, 6.45) is 8.18. The fourth-order valence-electron chi connectivity index (χ4n) is 3.23. The Labute approximate surface area is 113 Å². The SMILES string of the molecule is CCCc1c(O)ccc2c(C3CCCCC3)noc12. The molecule has 1 fully saturated rings. The molecule has 2 aromatic rings. The molecule has 1 saturated carbocycles. The van der Waals surface area contributed by atoms with Crippen LogP contribution in [0, 0.1) is 0 Å². The van der Waals surface area contributed by atoms with Crippen LogP contribution in [0.1, 0.15) is 62.6 Å². The highest BCUT2D eigenvalue weighted by atomic mass is 16.5. The summed E-state index contributed by atoms with van der Waals surface area (Å²) in [6.45, 7) is 2.11. The molecule has 1 aromatic heterocycles. The Morgan fingerprint density at radius 3 is 2.79 bits per heavy atom. The van der Waals surface area contributed by atoms with E-state index < -0.39 is 0 Å². The van der Waals surface area contributed by atoms with Crippen molar-refractivity contribution in [1.29, 1.82) is 0 Å². The van der Waals surface area contributed by atoms with Crippen LogP contribution in [-0.4, -0.2) is 10.3 Å². The Kier molecular flexibility index (Phi) is 3.45. The Bertz CT molecular complexity index is 567. The molecular weight excluding hydrogens is 238 g/mol. The van der Waals surface area contributed by atoms with Crippen molar-refractivity contribution >= 4 is 11.0 Å². The predicted molar refractivity (Wildman–Crippen MR) is 75.5 cm³/mol. The Morgan fingerprint density at radius 1 is 1.26 bits per heavy atom. The maximum Gasteiger partial charge on any atom is 0.174 e. The van der Waals surface area contributed by atoms with Gasteiger partial charge in [0.1, 0.15) is 5.75 Å². The van der Waals surface area contributed by atoms with Gasteiger partial charge in [-0.3, -0.25) is 0 Å². The van der Waals surface area contributed by atoms with Crippen LogP contribution < -0.4 is 0 Å². The van der Waals surface area contributed by atoms with E-state index in [2.05, 4.69) is 12.1 Å². The molecule has 0 bridgehead atoms. The van der Waals surface area contributed by atoms with Crippen LogP contribution in [0.15, 0.2) is 16.7 Å². The highest BCUT2D eigenvalue weighted by molar-refractivity contribution is 5.85. The summed E-state index contributed by atoms with van der Waals surface area (Å²) in [6, 6.07) is 3.75. The molecule has 0 radical (unpaired) electrons. The third-order valence-electron chi connectivity index (χ3n) is 4.24. The molecule has 0 amide bonds. The van der Waals surface area contributed by atoms with Gasteiger partial charge in [-0.25, -0.2) is 0 Å². The van der Waals surface area contributed by atoms with Crippen molar-refractivity contribution in [3.63, 3.8) is 0 Å². The zero-order valence-corrected chi connectivity index (χ0v) is 11.5. The average Bonchev–Trinajstić information content (AvgIpc) is 2.87. The van der Waals surface area contributed by atoms with Crippen molar-refractivity contribution in [3.05, 3.63) is 23.4 Å². The standard InChI is InChI=1S/C16H21NO2/c1-2-6-12-14(18)10-9-13-15(17-19-16(12)13)11-7-4-3-5-8-11/h9-11,18H,2-8H2,1H3. The van der Waals surface area contributed by atoms with Gasteiger partial charge in [-0.05, 0) is 31.4 Å². The smallest absolute Gasteiger partial charge is 0.174 e. The molecule has 3 nitrogen and oxygen atoms in total. The van der Waals surface area contributed by atoms with Gasteiger partial charge >= 0.3 is 0 Å². The second-order valence-corrected chi connectivity index (χ2v) is 5.59. The minimum absolute atomic E-state index is 0.334. The third kappa shape index (κ3) is 2.22. The summed E-state index contributed by atoms with van der Waals surface area (Å²) in [7, 11) is 0. The zero-order valence-electron chi connectivity index (χ0n) is 11.5. The van der Waals surface area contributed by atoms with Crippen LogP contribution in [0.5, 0.6) is 5.75 Å². The number of benzene rings is 1. The summed E-state index contributed by atoms with van der Waals surface area (Å²) in [5.74, 6) is 0.870. The minimum Gasteiger partial charge on any atom is -0.508 e. The molecule has 1 aliphatic carbocycles. The van der Waals surface area contributed by atoms with Crippen molar-refractivity contribution in [3.8, 4) is 5.75 Å². The molecule has 0 saturated heterocycles. The fraction of sp³-hybridized carbons (Fsp3) is 0.562. The molecule has 19 heavy (non-hydrogen) atoms. The number of phenols is 1. The van der Waals surface area contributed by atoms with E-state index in [1.165, 1.54) is 32.1 Å². The molecule has 1 aromatic carbocycles. The number of hydrogen-bond acceptors (Lipinski definition) is 3. The van der Waals surface area contributed by atoms with Gasteiger partial charge in [0, 0.05) is 16.9 Å². The van der Waals surface area contributed by atoms with E-state index in [4.69, 9.17) is 4.52 Å². The molecule has 102 valence electrons. The maximum atomic E-state index is 9.97. The predicted octanol–water partition coefficient (Wildman–Crippen LogP) is 4.53. The molecule has 0 spiro atoms. The highest BCUT2D eigenvalue weighted by Gasteiger charge is 2.23. The summed E-state index contributed by atoms with van der Waals surface area (Å²) < 4.78 is 5.56. The molecule has 1 heterocycles. The van der Waals surface area contributed by atoms with Crippen LogP contribution in [0.4, 0.5) is 0 Å². The molecule has 1 N–H and O–H groups in total. The lowest BCUT2D eigenvalue weighted by atomic mass is 9.85. The summed E-state index contributed by atoms with van der Waals surface area (Å²) in [5.41, 5.74) is 2.81. The molecule has 0 unspecified atom stereocenters. The Balaban J connectivity index is 2.05. The maximum absolute atomic E-state index is 9.97. The molecule has 0 aliphatic heterocycles. The number of phenolic OH excluding ortho intramolecular Hbond substituents is 1. The number of aromatic hydroxyl groups is 1. The molecule has 3 heteroatoms. The van der Waals surface area contributed by atoms with Gasteiger partial charge in [-0.15, -0.1) is 0 Å². The van der Waals surface area contributed by atoms with E-state index >= 15 is 0 Å². The lowest BCUT2D eigenvalue weighted by molar-refractivity contribution is 0.393. The van der Waals surface area contributed by atoms with Crippen LogP contribution in [-0.2, 0) is 6.42 Å². The van der Waals surface area contributed by atoms with Crippen molar-refractivity contribution < 1.29 is 9.63 Å². The van der Waals surface area contributed by atoms with Crippen LogP contribution in [0.25, 0.3) is 11.0 Å². The first kappa shape index (κ1) is 12.5. The van der Waals surface area contributed by atoms with Crippen LogP contribution in [0.2, 0.25) is 0 Å². The summed E-state index contributed by atoms with van der Waals surface area (Å²) >= 11 is 0. The highest BCUT2D eigenvalue weighted by Crippen LogP contribution is 2.38. The van der Waals surface area contributed by atoms with Gasteiger partial charge in [-0.2, -0.15) is 0 Å². The number of aryl methyl sites for hydroxylation is 1. The lowest BCUT2D eigenvalue weighted by Crippen LogP contribution is -2.05. The van der Waals surface area contributed by atoms with Gasteiger partial charge in [0.2, 0.25) is 0 Å². The lowest BCUT2D eigenvalue weighted by Gasteiger charge is -2.19. The van der Waals surface area contributed by atoms with Crippen LogP contribution >= 0.6 is 0 Å². The van der Waals surface area contributed by atoms with Gasteiger partial charge in [0.05, 0.1) is 5.69 Å². The van der Waals surface area contributed by atoms with Gasteiger partial charge in [-0.1, -0.05) is 37.8 Å². The zero-order chi connectivity index (χ0) is 13.2. The average molecular weight is 259 g/mol. The van der Waals surface area contributed by atoms with E-state index in [1.807, 2.05) is 6.07 Å². The van der Waals surface area contributed by atoms with E-state index in [-0.39, 0.29) is 0 Å². The monoisotopic (exact) mass is 259 g/mol. The Hall–Kier alpha value is -1.51. The second kappa shape index (κ2) is 5.24. The first-order valence-electron chi connectivity index (χ1n) is 7.41. The van der Waals surface area contributed by atoms with Crippen molar-refractivity contribution in [2.45, 2.75) is 57.8 Å².